The first kappa shape index (κ1) is 17.9. The Hall–Kier alpha value is -1.88. The third-order valence-electron chi connectivity index (χ3n) is 4.62. The van der Waals surface area contributed by atoms with Gasteiger partial charge in [0.15, 0.2) is 5.60 Å². The molecule has 0 saturated carbocycles. The van der Waals surface area contributed by atoms with Gasteiger partial charge in [-0.25, -0.2) is 4.98 Å². The lowest BCUT2D eigenvalue weighted by Crippen LogP contribution is -2.21. The molecular weight excluding hydrogens is 334 g/mol. The standard InChI is InChI=1S/C20H25NO3S/c1-4-6-15-12-20(3,24-19(15)22)17-13-25-18(21-17)11-14-7-9-16(10-8-14)23-5-2/h7-10,13,15H,4-6,11-12H2,1-3H3. The smallest absolute Gasteiger partial charge is 0.310 e. The fourth-order valence-electron chi connectivity index (χ4n) is 3.31. The predicted molar refractivity (Wildman–Crippen MR) is 99.0 cm³/mol. The molecule has 1 aromatic heterocycles. The van der Waals surface area contributed by atoms with Crippen LogP contribution in [0.4, 0.5) is 0 Å². The molecule has 1 saturated heterocycles. The highest BCUT2D eigenvalue weighted by Gasteiger charge is 2.45. The summed E-state index contributed by atoms with van der Waals surface area (Å²) >= 11 is 1.63. The Balaban J connectivity index is 1.69. The first-order valence-corrected chi connectivity index (χ1v) is 9.81. The molecule has 1 aromatic carbocycles. The van der Waals surface area contributed by atoms with E-state index in [1.807, 2.05) is 31.4 Å². The molecule has 0 radical (unpaired) electrons. The fourth-order valence-corrected chi connectivity index (χ4v) is 4.26. The predicted octanol–water partition coefficient (Wildman–Crippen LogP) is 4.71. The average Bonchev–Trinajstić information content (AvgIpc) is 3.16. The van der Waals surface area contributed by atoms with E-state index >= 15 is 0 Å². The van der Waals surface area contributed by atoms with Gasteiger partial charge < -0.3 is 9.47 Å². The number of aromatic nitrogens is 1. The summed E-state index contributed by atoms with van der Waals surface area (Å²) < 4.78 is 11.2. The number of cyclic esters (lactones) is 1. The first-order valence-electron chi connectivity index (χ1n) is 8.93. The topological polar surface area (TPSA) is 48.4 Å². The van der Waals surface area contributed by atoms with Gasteiger partial charge in [0.25, 0.3) is 0 Å². The minimum atomic E-state index is -0.579. The third kappa shape index (κ3) is 4.03. The number of carbonyl (C=O) groups excluding carboxylic acids is 1. The Morgan fingerprint density at radius 3 is 2.76 bits per heavy atom. The van der Waals surface area contributed by atoms with Crippen LogP contribution in [0.15, 0.2) is 29.6 Å². The minimum absolute atomic E-state index is 0.00580. The van der Waals surface area contributed by atoms with E-state index < -0.39 is 5.60 Å². The van der Waals surface area contributed by atoms with Crippen LogP contribution in [0.5, 0.6) is 5.75 Å². The molecule has 1 aliphatic heterocycles. The molecule has 4 nitrogen and oxygen atoms in total. The van der Waals surface area contributed by atoms with Crippen molar-refractivity contribution in [3.8, 4) is 5.75 Å². The quantitative estimate of drug-likeness (QED) is 0.672. The van der Waals surface area contributed by atoms with Gasteiger partial charge in [-0.15, -0.1) is 11.3 Å². The van der Waals surface area contributed by atoms with Crippen molar-refractivity contribution in [3.05, 3.63) is 45.9 Å². The van der Waals surface area contributed by atoms with Crippen LogP contribution in [0, 0.1) is 5.92 Å². The molecule has 0 N–H and O–H groups in total. The zero-order valence-corrected chi connectivity index (χ0v) is 15.9. The van der Waals surface area contributed by atoms with Gasteiger partial charge in [-0.05, 0) is 38.0 Å². The number of hydrogen-bond acceptors (Lipinski definition) is 5. The number of rotatable bonds is 7. The molecule has 134 valence electrons. The summed E-state index contributed by atoms with van der Waals surface area (Å²) in [5.41, 5.74) is 1.50. The van der Waals surface area contributed by atoms with Crippen molar-refractivity contribution >= 4 is 17.3 Å². The molecule has 2 heterocycles. The minimum Gasteiger partial charge on any atom is -0.494 e. The van der Waals surface area contributed by atoms with E-state index in [1.54, 1.807) is 11.3 Å². The van der Waals surface area contributed by atoms with E-state index in [0.29, 0.717) is 6.61 Å². The second kappa shape index (κ2) is 7.56. The van der Waals surface area contributed by atoms with Crippen LogP contribution in [-0.4, -0.2) is 17.6 Å². The summed E-state index contributed by atoms with van der Waals surface area (Å²) in [6, 6.07) is 8.12. The zero-order chi connectivity index (χ0) is 17.9. The highest BCUT2D eigenvalue weighted by atomic mass is 32.1. The van der Waals surface area contributed by atoms with Gasteiger partial charge in [0, 0.05) is 18.2 Å². The van der Waals surface area contributed by atoms with E-state index in [9.17, 15) is 4.79 Å². The number of esters is 1. The lowest BCUT2D eigenvalue weighted by molar-refractivity contribution is -0.150. The van der Waals surface area contributed by atoms with Crippen molar-refractivity contribution in [2.75, 3.05) is 6.61 Å². The summed E-state index contributed by atoms with van der Waals surface area (Å²) in [7, 11) is 0. The third-order valence-corrected chi connectivity index (χ3v) is 5.46. The summed E-state index contributed by atoms with van der Waals surface area (Å²) in [4.78, 5) is 16.8. The molecule has 2 unspecified atom stereocenters. The Morgan fingerprint density at radius 2 is 2.08 bits per heavy atom. The van der Waals surface area contributed by atoms with Crippen molar-refractivity contribution in [1.29, 1.82) is 0 Å². The summed E-state index contributed by atoms with van der Waals surface area (Å²) in [5.74, 6) is 0.815. The van der Waals surface area contributed by atoms with Crippen LogP contribution >= 0.6 is 11.3 Å². The molecule has 3 rings (SSSR count). The lowest BCUT2D eigenvalue weighted by Gasteiger charge is -2.20. The summed E-state index contributed by atoms with van der Waals surface area (Å²) in [6.07, 6.45) is 3.39. The van der Waals surface area contributed by atoms with E-state index in [4.69, 9.17) is 14.5 Å². The van der Waals surface area contributed by atoms with Gasteiger partial charge in [0.2, 0.25) is 0 Å². The number of hydrogen-bond donors (Lipinski definition) is 0. The number of carbonyl (C=O) groups is 1. The number of benzene rings is 1. The fraction of sp³-hybridized carbons (Fsp3) is 0.500. The number of thiazole rings is 1. The van der Waals surface area contributed by atoms with Gasteiger partial charge in [-0.3, -0.25) is 4.79 Å². The summed E-state index contributed by atoms with van der Waals surface area (Å²) in [6.45, 7) is 6.73. The number of nitrogens with zero attached hydrogens (tertiary/aromatic N) is 1. The molecule has 25 heavy (non-hydrogen) atoms. The Morgan fingerprint density at radius 1 is 1.32 bits per heavy atom. The van der Waals surface area contributed by atoms with Crippen LogP contribution in [0.2, 0.25) is 0 Å². The van der Waals surface area contributed by atoms with Crippen LogP contribution in [0.25, 0.3) is 0 Å². The molecule has 5 heteroatoms. The highest BCUT2D eigenvalue weighted by molar-refractivity contribution is 7.09. The zero-order valence-electron chi connectivity index (χ0n) is 15.1. The second-order valence-electron chi connectivity index (χ2n) is 6.72. The van der Waals surface area contributed by atoms with Crippen molar-refractivity contribution < 1.29 is 14.3 Å². The van der Waals surface area contributed by atoms with E-state index in [2.05, 4.69) is 19.1 Å². The molecular formula is C20H25NO3S. The molecule has 2 aromatic rings. The molecule has 0 bridgehead atoms. The normalized spacial score (nSPS) is 22.8. The Kier molecular flexibility index (Phi) is 5.42. The monoisotopic (exact) mass is 359 g/mol. The summed E-state index contributed by atoms with van der Waals surface area (Å²) in [5, 5.41) is 3.07. The van der Waals surface area contributed by atoms with Gasteiger partial charge in [-0.2, -0.15) is 0 Å². The molecule has 1 fully saturated rings. The second-order valence-corrected chi connectivity index (χ2v) is 7.66. The molecule has 0 spiro atoms. The van der Waals surface area contributed by atoms with Crippen molar-refractivity contribution in [2.45, 2.75) is 52.1 Å². The van der Waals surface area contributed by atoms with Gasteiger partial charge in [0.05, 0.1) is 23.2 Å². The lowest BCUT2D eigenvalue weighted by atomic mass is 9.91. The van der Waals surface area contributed by atoms with Gasteiger partial charge in [0.1, 0.15) is 5.75 Å². The molecule has 0 amide bonds. The Labute approximate surface area is 153 Å². The average molecular weight is 359 g/mol. The maximum atomic E-state index is 12.1. The van der Waals surface area contributed by atoms with Crippen molar-refractivity contribution in [3.63, 3.8) is 0 Å². The van der Waals surface area contributed by atoms with Crippen LogP contribution in [0.1, 0.15) is 56.3 Å². The van der Waals surface area contributed by atoms with Crippen molar-refractivity contribution in [2.24, 2.45) is 5.92 Å². The van der Waals surface area contributed by atoms with Crippen LogP contribution in [0.3, 0.4) is 0 Å². The largest absolute Gasteiger partial charge is 0.494 e. The SMILES string of the molecule is CCCC1CC(C)(c2csc(Cc3ccc(OCC)cc3)n2)OC1=O. The van der Waals surface area contributed by atoms with E-state index in [1.165, 1.54) is 5.56 Å². The highest BCUT2D eigenvalue weighted by Crippen LogP contribution is 2.41. The van der Waals surface area contributed by atoms with Gasteiger partial charge >= 0.3 is 5.97 Å². The maximum absolute atomic E-state index is 12.1. The van der Waals surface area contributed by atoms with Crippen LogP contribution in [-0.2, 0) is 21.6 Å². The molecule has 2 atom stereocenters. The molecule has 1 aliphatic rings. The Bertz CT molecular complexity index is 725. The molecule has 0 aliphatic carbocycles. The maximum Gasteiger partial charge on any atom is 0.310 e. The van der Waals surface area contributed by atoms with E-state index in [0.717, 1.165) is 42.1 Å². The van der Waals surface area contributed by atoms with Crippen molar-refractivity contribution in [1.82, 2.24) is 4.98 Å². The van der Waals surface area contributed by atoms with Crippen LogP contribution < -0.4 is 4.74 Å². The van der Waals surface area contributed by atoms with E-state index in [-0.39, 0.29) is 11.9 Å². The van der Waals surface area contributed by atoms with Gasteiger partial charge in [-0.1, -0.05) is 25.5 Å². The first-order chi connectivity index (χ1) is 12.0. The number of ether oxygens (including phenoxy) is 2.